The third-order valence-electron chi connectivity index (χ3n) is 4.22. The smallest absolute Gasteiger partial charge is 0.143 e. The molecule has 3 heterocycles. The molecule has 3 N–H and O–H groups in total. The monoisotopic (exact) mass is 369 g/mol. The van der Waals surface area contributed by atoms with E-state index < -0.39 is 10.8 Å². The van der Waals surface area contributed by atoms with Crippen LogP contribution in [0, 0.1) is 0 Å². The minimum atomic E-state index is -1.01. The predicted molar refractivity (Wildman–Crippen MR) is 86.1 cm³/mol. The van der Waals surface area contributed by atoms with Gasteiger partial charge in [-0.1, -0.05) is 22.0 Å². The Bertz CT molecular complexity index is 732. The minimum absolute atomic E-state index is 0.0497. The summed E-state index contributed by atoms with van der Waals surface area (Å²) in [5.74, 6) is 0.713. The van der Waals surface area contributed by atoms with Crippen molar-refractivity contribution in [3.8, 4) is 0 Å². The highest BCUT2D eigenvalue weighted by Crippen LogP contribution is 2.37. The molecule has 1 aromatic heterocycles. The highest BCUT2D eigenvalue weighted by Gasteiger charge is 2.38. The summed E-state index contributed by atoms with van der Waals surface area (Å²) in [7, 11) is -1.01. The van der Waals surface area contributed by atoms with E-state index in [0.717, 1.165) is 28.6 Å². The lowest BCUT2D eigenvalue weighted by molar-refractivity contribution is -0.176. The average Bonchev–Trinajstić information content (AvgIpc) is 2.73. The van der Waals surface area contributed by atoms with Crippen LogP contribution < -0.4 is 5.73 Å². The fourth-order valence-electron chi connectivity index (χ4n) is 3.33. The number of nitrogens with one attached hydrogen (secondary N) is 1. The number of nitrogens with zero attached hydrogens (tertiary/aromatic N) is 1. The summed E-state index contributed by atoms with van der Waals surface area (Å²) in [5, 5.41) is 3.15. The second kappa shape index (κ2) is 5.17. The standard InChI is InChI=1S/C14H16BrN3O2S/c15-8-1-2-9-10-3-4-18-14(13(10)17-12(9)5-8)11(16)6-21(19)7-20-18/h1-2,5,11,14,17H,3-4,6-7,16H2/t11-,14+,21?/m1/s1. The molecule has 3 atom stereocenters. The zero-order chi connectivity index (χ0) is 14.6. The average molecular weight is 370 g/mol. The first-order valence-corrected chi connectivity index (χ1v) is 9.21. The van der Waals surface area contributed by atoms with E-state index in [1.165, 1.54) is 10.9 Å². The van der Waals surface area contributed by atoms with E-state index in [2.05, 4.69) is 39.1 Å². The number of hydrogen-bond donors (Lipinski definition) is 2. The molecule has 0 amide bonds. The lowest BCUT2D eigenvalue weighted by atomic mass is 9.95. The van der Waals surface area contributed by atoms with Crippen molar-refractivity contribution in [3.05, 3.63) is 33.9 Å². The van der Waals surface area contributed by atoms with E-state index in [-0.39, 0.29) is 18.0 Å². The largest absolute Gasteiger partial charge is 0.357 e. The van der Waals surface area contributed by atoms with Gasteiger partial charge in [-0.3, -0.25) is 9.05 Å². The van der Waals surface area contributed by atoms with Crippen LogP contribution in [0.4, 0.5) is 0 Å². The number of aromatic nitrogens is 1. The molecule has 2 aromatic rings. The maximum Gasteiger partial charge on any atom is 0.143 e. The van der Waals surface area contributed by atoms with Gasteiger partial charge < -0.3 is 10.7 Å². The molecular formula is C14H16BrN3O2S. The van der Waals surface area contributed by atoms with Crippen molar-refractivity contribution in [2.45, 2.75) is 18.5 Å². The van der Waals surface area contributed by atoms with Gasteiger partial charge in [0.05, 0.1) is 16.8 Å². The predicted octanol–water partition coefficient (Wildman–Crippen LogP) is 1.81. The second-order valence-corrected chi connectivity index (χ2v) is 7.92. The third kappa shape index (κ3) is 2.27. The first kappa shape index (κ1) is 13.9. The fraction of sp³-hybridized carbons (Fsp3) is 0.429. The first-order valence-electron chi connectivity index (χ1n) is 6.93. The fourth-order valence-corrected chi connectivity index (χ4v) is 4.65. The molecule has 1 aromatic carbocycles. The van der Waals surface area contributed by atoms with Gasteiger partial charge in [-0.2, -0.15) is 5.06 Å². The van der Waals surface area contributed by atoms with E-state index in [1.54, 1.807) is 0 Å². The van der Waals surface area contributed by atoms with E-state index in [9.17, 15) is 4.21 Å². The molecule has 2 aliphatic rings. The maximum atomic E-state index is 11.8. The number of halogens is 1. The molecule has 21 heavy (non-hydrogen) atoms. The van der Waals surface area contributed by atoms with Crippen LogP contribution in [0.2, 0.25) is 0 Å². The quantitative estimate of drug-likeness (QED) is 0.742. The van der Waals surface area contributed by atoms with E-state index >= 15 is 0 Å². The number of aromatic amines is 1. The number of nitrogens with two attached hydrogens (primary N) is 1. The van der Waals surface area contributed by atoms with Crippen molar-refractivity contribution < 1.29 is 9.05 Å². The molecule has 7 heteroatoms. The van der Waals surface area contributed by atoms with Crippen molar-refractivity contribution in [3.63, 3.8) is 0 Å². The number of hydrogen-bond acceptors (Lipinski definition) is 4. The number of fused-ring (bicyclic) bond motifs is 5. The Kier molecular flexibility index (Phi) is 3.42. The molecule has 1 saturated heterocycles. The third-order valence-corrected chi connectivity index (χ3v) is 5.84. The van der Waals surface area contributed by atoms with Crippen LogP contribution in [0.25, 0.3) is 10.9 Å². The zero-order valence-electron chi connectivity index (χ0n) is 11.3. The molecule has 5 nitrogen and oxygen atoms in total. The van der Waals surface area contributed by atoms with Crippen LogP contribution >= 0.6 is 15.9 Å². The summed E-state index contributed by atoms with van der Waals surface area (Å²) in [4.78, 5) is 9.19. The van der Waals surface area contributed by atoms with E-state index in [0.29, 0.717) is 5.75 Å². The highest BCUT2D eigenvalue weighted by molar-refractivity contribution is 9.10. The molecule has 0 saturated carbocycles. The topological polar surface area (TPSA) is 71.4 Å². The first-order chi connectivity index (χ1) is 10.1. The Morgan fingerprint density at radius 2 is 2.33 bits per heavy atom. The van der Waals surface area contributed by atoms with Gasteiger partial charge >= 0.3 is 0 Å². The number of H-pyrrole nitrogens is 1. The lowest BCUT2D eigenvalue weighted by Gasteiger charge is -2.35. The Morgan fingerprint density at radius 1 is 1.48 bits per heavy atom. The van der Waals surface area contributed by atoms with Crippen molar-refractivity contribution in [1.82, 2.24) is 10.0 Å². The van der Waals surface area contributed by atoms with Crippen molar-refractivity contribution in [1.29, 1.82) is 0 Å². The van der Waals surface area contributed by atoms with Gasteiger partial charge in [0.2, 0.25) is 0 Å². The molecule has 1 unspecified atom stereocenters. The van der Waals surface area contributed by atoms with Gasteiger partial charge in [0.15, 0.2) is 0 Å². The van der Waals surface area contributed by atoms with E-state index in [1.807, 2.05) is 5.06 Å². The molecule has 1 fully saturated rings. The molecular weight excluding hydrogens is 354 g/mol. The second-order valence-electron chi connectivity index (χ2n) is 5.56. The van der Waals surface area contributed by atoms with Crippen LogP contribution in [0.5, 0.6) is 0 Å². The number of benzene rings is 1. The number of hydroxylamine groups is 2. The molecule has 4 rings (SSSR count). The van der Waals surface area contributed by atoms with Gasteiger partial charge in [0, 0.05) is 39.4 Å². The maximum absolute atomic E-state index is 11.8. The van der Waals surface area contributed by atoms with Gasteiger partial charge in [-0.05, 0) is 24.1 Å². The van der Waals surface area contributed by atoms with Crippen LogP contribution in [-0.2, 0) is 22.1 Å². The Hall–Kier alpha value is -0.730. The summed E-state index contributed by atoms with van der Waals surface area (Å²) in [6.45, 7) is 0.783. The van der Waals surface area contributed by atoms with Gasteiger partial charge in [0.25, 0.3) is 0 Å². The van der Waals surface area contributed by atoms with Crippen LogP contribution in [0.3, 0.4) is 0 Å². The van der Waals surface area contributed by atoms with Gasteiger partial charge in [-0.15, -0.1) is 0 Å². The lowest BCUT2D eigenvalue weighted by Crippen LogP contribution is -2.44. The summed E-state index contributed by atoms with van der Waals surface area (Å²) in [6, 6.07) is 6.03. The van der Waals surface area contributed by atoms with Crippen molar-refractivity contribution >= 4 is 37.6 Å². The molecule has 0 spiro atoms. The molecule has 0 aliphatic carbocycles. The van der Waals surface area contributed by atoms with Crippen molar-refractivity contribution in [2.24, 2.45) is 5.73 Å². The van der Waals surface area contributed by atoms with Crippen LogP contribution in [0.15, 0.2) is 22.7 Å². The van der Waals surface area contributed by atoms with Gasteiger partial charge in [-0.25, -0.2) is 0 Å². The Morgan fingerprint density at radius 3 is 3.19 bits per heavy atom. The summed E-state index contributed by atoms with van der Waals surface area (Å²) >= 11 is 3.51. The highest BCUT2D eigenvalue weighted by atomic mass is 79.9. The minimum Gasteiger partial charge on any atom is -0.357 e. The summed E-state index contributed by atoms with van der Waals surface area (Å²) < 4.78 is 12.9. The normalized spacial score (nSPS) is 29.9. The number of rotatable bonds is 0. The van der Waals surface area contributed by atoms with Crippen LogP contribution in [-0.4, -0.2) is 38.5 Å². The Balaban J connectivity index is 1.86. The Labute approximate surface area is 133 Å². The molecule has 2 aliphatic heterocycles. The zero-order valence-corrected chi connectivity index (χ0v) is 13.7. The molecule has 112 valence electrons. The van der Waals surface area contributed by atoms with Gasteiger partial charge in [0.1, 0.15) is 5.94 Å². The molecule has 0 bridgehead atoms. The van der Waals surface area contributed by atoms with Crippen molar-refractivity contribution in [2.75, 3.05) is 18.2 Å². The van der Waals surface area contributed by atoms with E-state index in [4.69, 9.17) is 10.6 Å². The summed E-state index contributed by atoms with van der Waals surface area (Å²) in [6.07, 6.45) is 0.910. The van der Waals surface area contributed by atoms with Crippen LogP contribution in [0.1, 0.15) is 17.3 Å². The SMILES string of the molecule is N[C@@H]1CS(=O)CON2CCc3c([nH]c4cc(Br)ccc34)[C@H]12. The molecule has 0 radical (unpaired) electrons. The summed E-state index contributed by atoms with van der Waals surface area (Å²) in [5.41, 5.74) is 9.83.